The Balaban J connectivity index is 1.69. The van der Waals surface area contributed by atoms with Gasteiger partial charge in [-0.15, -0.1) is 0 Å². The Hall–Kier alpha value is -1.52. The molecule has 1 saturated carbocycles. The Morgan fingerprint density at radius 3 is 2.79 bits per heavy atom. The van der Waals surface area contributed by atoms with Crippen molar-refractivity contribution < 1.29 is 4.79 Å². The number of aromatic nitrogens is 2. The number of rotatable bonds is 4. The van der Waals surface area contributed by atoms with Crippen molar-refractivity contribution in [3.63, 3.8) is 0 Å². The molecule has 0 bridgehead atoms. The molecule has 19 heavy (non-hydrogen) atoms. The third-order valence-corrected chi connectivity index (χ3v) is 3.90. The number of nitrogens with zero attached hydrogens (tertiary/aromatic N) is 2. The lowest BCUT2D eigenvalue weighted by Crippen LogP contribution is -2.34. The molecule has 0 aliphatic heterocycles. The molecule has 1 aromatic rings. The third-order valence-electron chi connectivity index (χ3n) is 3.90. The number of carbonyl (C=O) groups excluding carboxylic acids is 1. The molecule has 0 atom stereocenters. The van der Waals surface area contributed by atoms with Crippen LogP contribution in [0.2, 0.25) is 0 Å². The smallest absolute Gasteiger partial charge is 0.319 e. The van der Waals surface area contributed by atoms with E-state index in [1.165, 1.54) is 25.7 Å². The highest BCUT2D eigenvalue weighted by atomic mass is 16.2. The van der Waals surface area contributed by atoms with E-state index in [1.54, 1.807) is 10.9 Å². The van der Waals surface area contributed by atoms with E-state index in [2.05, 4.69) is 22.7 Å². The second-order valence-corrected chi connectivity index (χ2v) is 5.55. The van der Waals surface area contributed by atoms with Gasteiger partial charge in [0.25, 0.3) is 0 Å². The summed E-state index contributed by atoms with van der Waals surface area (Å²) in [5, 5.41) is 9.89. The number of aryl methyl sites for hydroxylation is 1. The first-order valence-electron chi connectivity index (χ1n) is 7.24. The van der Waals surface area contributed by atoms with Gasteiger partial charge in [0.1, 0.15) is 0 Å². The van der Waals surface area contributed by atoms with Gasteiger partial charge in [-0.3, -0.25) is 4.68 Å². The fourth-order valence-corrected chi connectivity index (χ4v) is 2.55. The van der Waals surface area contributed by atoms with Crippen LogP contribution in [0.15, 0.2) is 12.4 Å². The SMILES string of the molecule is CCn1cc(NC(=O)NCC2CCC(C)CC2)cn1. The average Bonchev–Trinajstić information content (AvgIpc) is 2.86. The van der Waals surface area contributed by atoms with Crippen molar-refractivity contribution >= 4 is 11.7 Å². The van der Waals surface area contributed by atoms with Crippen molar-refractivity contribution in [1.82, 2.24) is 15.1 Å². The Morgan fingerprint density at radius 1 is 1.42 bits per heavy atom. The third kappa shape index (κ3) is 4.26. The van der Waals surface area contributed by atoms with E-state index in [4.69, 9.17) is 0 Å². The average molecular weight is 264 g/mol. The van der Waals surface area contributed by atoms with E-state index < -0.39 is 0 Å². The highest BCUT2D eigenvalue weighted by molar-refractivity contribution is 5.88. The minimum Gasteiger partial charge on any atom is -0.338 e. The summed E-state index contributed by atoms with van der Waals surface area (Å²) in [6.07, 6.45) is 8.55. The van der Waals surface area contributed by atoms with Gasteiger partial charge in [-0.2, -0.15) is 5.10 Å². The van der Waals surface area contributed by atoms with Crippen LogP contribution in [-0.2, 0) is 6.54 Å². The topological polar surface area (TPSA) is 59.0 Å². The van der Waals surface area contributed by atoms with E-state index in [0.717, 1.165) is 24.7 Å². The lowest BCUT2D eigenvalue weighted by molar-refractivity contribution is 0.243. The largest absolute Gasteiger partial charge is 0.338 e. The highest BCUT2D eigenvalue weighted by Crippen LogP contribution is 2.27. The molecular formula is C14H24N4O. The first-order valence-corrected chi connectivity index (χ1v) is 7.24. The molecule has 2 amide bonds. The number of anilines is 1. The van der Waals surface area contributed by atoms with Crippen LogP contribution in [0.3, 0.4) is 0 Å². The molecule has 2 rings (SSSR count). The first kappa shape index (κ1) is 13.9. The minimum atomic E-state index is -0.130. The Kier molecular flexibility index (Phi) is 4.82. The van der Waals surface area contributed by atoms with E-state index in [9.17, 15) is 4.79 Å². The van der Waals surface area contributed by atoms with Gasteiger partial charge in [-0.25, -0.2) is 4.79 Å². The lowest BCUT2D eigenvalue weighted by atomic mass is 9.83. The van der Waals surface area contributed by atoms with E-state index in [1.807, 2.05) is 13.1 Å². The van der Waals surface area contributed by atoms with Crippen molar-refractivity contribution in [3.8, 4) is 0 Å². The maximum Gasteiger partial charge on any atom is 0.319 e. The van der Waals surface area contributed by atoms with E-state index >= 15 is 0 Å². The lowest BCUT2D eigenvalue weighted by Gasteiger charge is -2.26. The van der Waals surface area contributed by atoms with Crippen LogP contribution in [0.4, 0.5) is 10.5 Å². The number of amides is 2. The zero-order valence-corrected chi connectivity index (χ0v) is 11.9. The molecule has 0 aromatic carbocycles. The van der Waals surface area contributed by atoms with Crippen LogP contribution < -0.4 is 10.6 Å². The molecule has 1 fully saturated rings. The highest BCUT2D eigenvalue weighted by Gasteiger charge is 2.18. The molecule has 5 heteroatoms. The van der Waals surface area contributed by atoms with Crippen molar-refractivity contribution in [2.24, 2.45) is 11.8 Å². The molecule has 2 N–H and O–H groups in total. The second-order valence-electron chi connectivity index (χ2n) is 5.55. The zero-order chi connectivity index (χ0) is 13.7. The van der Waals surface area contributed by atoms with Gasteiger partial charge in [0.15, 0.2) is 0 Å². The van der Waals surface area contributed by atoms with Crippen LogP contribution >= 0.6 is 0 Å². The summed E-state index contributed by atoms with van der Waals surface area (Å²) in [6.45, 7) is 5.91. The number of hydrogen-bond acceptors (Lipinski definition) is 2. The van der Waals surface area contributed by atoms with Gasteiger partial charge in [0.05, 0.1) is 11.9 Å². The monoisotopic (exact) mass is 264 g/mol. The van der Waals surface area contributed by atoms with Crippen LogP contribution in [0.25, 0.3) is 0 Å². The summed E-state index contributed by atoms with van der Waals surface area (Å²) >= 11 is 0. The van der Waals surface area contributed by atoms with Crippen LogP contribution in [0.5, 0.6) is 0 Å². The molecule has 0 unspecified atom stereocenters. The van der Waals surface area contributed by atoms with E-state index in [-0.39, 0.29) is 6.03 Å². The normalized spacial score (nSPS) is 23.1. The minimum absolute atomic E-state index is 0.130. The Morgan fingerprint density at radius 2 is 2.16 bits per heavy atom. The van der Waals surface area contributed by atoms with Gasteiger partial charge in [-0.05, 0) is 31.6 Å². The van der Waals surface area contributed by atoms with Crippen molar-refractivity contribution in [1.29, 1.82) is 0 Å². The summed E-state index contributed by atoms with van der Waals surface area (Å²) in [7, 11) is 0. The predicted octanol–water partition coefficient (Wildman–Crippen LogP) is 2.85. The van der Waals surface area contributed by atoms with Crippen molar-refractivity contribution in [2.45, 2.75) is 46.1 Å². The molecule has 1 aromatic heterocycles. The van der Waals surface area contributed by atoms with Crippen molar-refractivity contribution in [2.75, 3.05) is 11.9 Å². The molecule has 1 aliphatic rings. The van der Waals surface area contributed by atoms with Gasteiger partial charge in [0, 0.05) is 19.3 Å². The molecule has 0 saturated heterocycles. The van der Waals surface area contributed by atoms with Crippen molar-refractivity contribution in [3.05, 3.63) is 12.4 Å². The number of hydrogen-bond donors (Lipinski definition) is 2. The maximum atomic E-state index is 11.8. The molecule has 5 nitrogen and oxygen atoms in total. The Bertz CT molecular complexity index is 407. The van der Waals surface area contributed by atoms with Gasteiger partial charge >= 0.3 is 6.03 Å². The second kappa shape index (κ2) is 6.59. The van der Waals surface area contributed by atoms with Gasteiger partial charge in [-0.1, -0.05) is 19.8 Å². The first-order chi connectivity index (χ1) is 9.17. The summed E-state index contributed by atoms with van der Waals surface area (Å²) in [6, 6.07) is -0.130. The van der Waals surface area contributed by atoms with Gasteiger partial charge < -0.3 is 10.6 Å². The summed E-state index contributed by atoms with van der Waals surface area (Å²) in [5.41, 5.74) is 0.747. The fourth-order valence-electron chi connectivity index (χ4n) is 2.55. The zero-order valence-electron chi connectivity index (χ0n) is 11.9. The van der Waals surface area contributed by atoms with Gasteiger partial charge in [0.2, 0.25) is 0 Å². The summed E-state index contributed by atoms with van der Waals surface area (Å²) in [5.74, 6) is 1.49. The fraction of sp³-hybridized carbons (Fsp3) is 0.714. The van der Waals surface area contributed by atoms with Crippen LogP contribution in [0, 0.1) is 11.8 Å². The molecule has 106 valence electrons. The molecule has 0 radical (unpaired) electrons. The molecule has 1 aliphatic carbocycles. The summed E-state index contributed by atoms with van der Waals surface area (Å²) < 4.78 is 1.79. The van der Waals surface area contributed by atoms with E-state index in [0.29, 0.717) is 5.92 Å². The maximum absolute atomic E-state index is 11.8. The van der Waals surface area contributed by atoms with Crippen LogP contribution in [0.1, 0.15) is 39.5 Å². The number of urea groups is 1. The van der Waals surface area contributed by atoms with Crippen LogP contribution in [-0.4, -0.2) is 22.4 Å². The standard InChI is InChI=1S/C14H24N4O/c1-3-18-10-13(9-16-18)17-14(19)15-8-12-6-4-11(2)5-7-12/h9-12H,3-8H2,1-2H3,(H2,15,17,19). The molecular weight excluding hydrogens is 240 g/mol. The quantitative estimate of drug-likeness (QED) is 0.878. The molecule has 1 heterocycles. The predicted molar refractivity (Wildman–Crippen MR) is 76.0 cm³/mol. The number of nitrogens with one attached hydrogen (secondary N) is 2. The molecule has 0 spiro atoms. The Labute approximate surface area is 114 Å². The summed E-state index contributed by atoms with van der Waals surface area (Å²) in [4.78, 5) is 11.8. The number of carbonyl (C=O) groups is 1.